The summed E-state index contributed by atoms with van der Waals surface area (Å²) in [5.41, 5.74) is 8.41. The molecule has 2 heterocycles. The van der Waals surface area contributed by atoms with Gasteiger partial charge >= 0.3 is 0 Å². The second-order valence-electron chi connectivity index (χ2n) is 15.2. The number of hydrogen-bond acceptors (Lipinski definition) is 9. The first kappa shape index (κ1) is 46.2. The summed E-state index contributed by atoms with van der Waals surface area (Å²) in [5, 5.41) is 1.70. The number of thioether (sulfide) groups is 1. The summed E-state index contributed by atoms with van der Waals surface area (Å²) < 4.78 is 24.0. The van der Waals surface area contributed by atoms with Crippen molar-refractivity contribution in [2.24, 2.45) is 0 Å². The van der Waals surface area contributed by atoms with Gasteiger partial charge in [0.1, 0.15) is 21.6 Å². The van der Waals surface area contributed by atoms with E-state index in [1.54, 1.807) is 53.9 Å². The van der Waals surface area contributed by atoms with E-state index in [0.717, 1.165) is 67.1 Å². The number of ketones is 2. The number of sulfone groups is 1. The van der Waals surface area contributed by atoms with Gasteiger partial charge in [0.25, 0.3) is 0 Å². The molecule has 0 atom stereocenters. The van der Waals surface area contributed by atoms with Gasteiger partial charge in [-0.05, 0) is 52.3 Å². The zero-order chi connectivity index (χ0) is 44.7. The molecule has 0 radical (unpaired) electrons. The number of aromatic nitrogens is 2. The average molecular weight is 919 g/mol. The lowest BCUT2D eigenvalue weighted by molar-refractivity contribution is -0.118. The quantitative estimate of drug-likeness (QED) is 0.0791. The smallest absolute Gasteiger partial charge is 0.178 e. The van der Waals surface area contributed by atoms with Gasteiger partial charge in [0.05, 0.1) is 34.9 Å². The van der Waals surface area contributed by atoms with Crippen LogP contribution in [0.4, 0.5) is 0 Å². The first-order chi connectivity index (χ1) is 31.1. The standard InChI is InChI=1S/C27H25NO3S2.C27H25NOS2/c1-2-33(30,31)24-15-13-21(14-16-24)17-23(29)19-26-28-27(22-11-7-4-8-12-22)25(32-26)18-20-9-5-3-6-10-20;1-2-30-24-15-13-21(14-16-24)17-23(29)19-26-28-27(22-11-7-4-8-12-22)25(31-26)18-20-9-5-3-6-10-20/h3-16H,2,17-19H2,1H3;3-16H,2,17-19H2,1H3. The minimum absolute atomic E-state index is 0.0562. The topological polar surface area (TPSA) is 94.1 Å². The molecule has 0 amide bonds. The molecule has 64 heavy (non-hydrogen) atoms. The van der Waals surface area contributed by atoms with Crippen LogP contribution in [0.15, 0.2) is 180 Å². The summed E-state index contributed by atoms with van der Waals surface area (Å²) in [6.45, 7) is 3.77. The summed E-state index contributed by atoms with van der Waals surface area (Å²) >= 11 is 5.06. The van der Waals surface area contributed by atoms with Crippen molar-refractivity contribution in [2.75, 3.05) is 11.5 Å². The Kier molecular flexibility index (Phi) is 16.4. The van der Waals surface area contributed by atoms with Crippen LogP contribution in [0.25, 0.3) is 22.5 Å². The first-order valence-electron chi connectivity index (χ1n) is 21.4. The highest BCUT2D eigenvalue weighted by Crippen LogP contribution is 2.32. The predicted octanol–water partition coefficient (Wildman–Crippen LogP) is 12.4. The van der Waals surface area contributed by atoms with Crippen molar-refractivity contribution >= 4 is 55.8 Å². The molecule has 0 bridgehead atoms. The molecule has 0 aliphatic rings. The highest BCUT2D eigenvalue weighted by atomic mass is 32.2. The molecule has 0 unspecified atom stereocenters. The van der Waals surface area contributed by atoms with Crippen molar-refractivity contribution in [3.8, 4) is 22.5 Å². The minimum Gasteiger partial charge on any atom is -0.299 e. The number of nitrogens with zero attached hydrogens (tertiary/aromatic N) is 2. The van der Waals surface area contributed by atoms with Crippen LogP contribution in [-0.2, 0) is 58.0 Å². The van der Waals surface area contributed by atoms with Gasteiger partial charge in [0.15, 0.2) is 9.84 Å². The third kappa shape index (κ3) is 13.1. The Balaban J connectivity index is 0.000000192. The number of thiazole rings is 2. The molecule has 2 aromatic heterocycles. The highest BCUT2D eigenvalue weighted by molar-refractivity contribution is 7.99. The molecule has 0 saturated carbocycles. The fourth-order valence-corrected chi connectivity index (χ4v) is 11.0. The van der Waals surface area contributed by atoms with E-state index in [4.69, 9.17) is 9.97 Å². The lowest BCUT2D eigenvalue weighted by Crippen LogP contribution is -2.07. The first-order valence-corrected chi connectivity index (χ1v) is 25.7. The maximum atomic E-state index is 12.8. The van der Waals surface area contributed by atoms with Crippen LogP contribution in [0.3, 0.4) is 0 Å². The van der Waals surface area contributed by atoms with Gasteiger partial charge in [-0.3, -0.25) is 9.59 Å². The van der Waals surface area contributed by atoms with Crippen LogP contribution in [-0.4, -0.2) is 41.5 Å². The highest BCUT2D eigenvalue weighted by Gasteiger charge is 2.19. The summed E-state index contributed by atoms with van der Waals surface area (Å²) in [6, 6.07) is 55.9. The molecule has 324 valence electrons. The van der Waals surface area contributed by atoms with Crippen LogP contribution in [0.1, 0.15) is 55.9 Å². The number of Topliss-reactive ketones (excluding diaryl/α,β-unsaturated/α-hetero) is 2. The minimum atomic E-state index is -3.24. The number of hydrogen-bond donors (Lipinski definition) is 0. The van der Waals surface area contributed by atoms with Crippen molar-refractivity contribution in [1.82, 2.24) is 9.97 Å². The Hall–Kier alpha value is -5.78. The van der Waals surface area contributed by atoms with Crippen LogP contribution < -0.4 is 0 Å². The maximum Gasteiger partial charge on any atom is 0.178 e. The lowest BCUT2D eigenvalue weighted by atomic mass is 10.1. The van der Waals surface area contributed by atoms with Crippen molar-refractivity contribution in [1.29, 1.82) is 0 Å². The van der Waals surface area contributed by atoms with Crippen LogP contribution >= 0.6 is 34.4 Å². The Morgan fingerprint density at radius 3 is 1.27 bits per heavy atom. The number of carbonyl (C=O) groups excluding carboxylic acids is 2. The Morgan fingerprint density at radius 2 is 0.875 bits per heavy atom. The predicted molar refractivity (Wildman–Crippen MR) is 265 cm³/mol. The molecule has 8 rings (SSSR count). The third-order valence-electron chi connectivity index (χ3n) is 10.4. The van der Waals surface area contributed by atoms with E-state index in [2.05, 4.69) is 79.7 Å². The molecular formula is C54H50N2O4S4. The van der Waals surface area contributed by atoms with Crippen LogP contribution in [0.2, 0.25) is 0 Å². The molecule has 0 fully saturated rings. The molecule has 0 N–H and O–H groups in total. The van der Waals surface area contributed by atoms with Crippen LogP contribution in [0, 0.1) is 0 Å². The average Bonchev–Trinajstić information content (AvgIpc) is 3.91. The van der Waals surface area contributed by atoms with E-state index in [9.17, 15) is 18.0 Å². The molecule has 0 aliphatic heterocycles. The molecule has 6 aromatic carbocycles. The molecule has 6 nitrogen and oxygen atoms in total. The lowest BCUT2D eigenvalue weighted by Gasteiger charge is -2.03. The second kappa shape index (κ2) is 22.7. The SMILES string of the molecule is CCS(=O)(=O)c1ccc(CC(=O)Cc2nc(-c3ccccc3)c(Cc3ccccc3)s2)cc1.CCSc1ccc(CC(=O)Cc2nc(-c3ccccc3)c(Cc3ccccc3)s2)cc1. The maximum absolute atomic E-state index is 12.8. The molecule has 0 aliphatic carbocycles. The van der Waals surface area contributed by atoms with Gasteiger partial charge in [0, 0.05) is 51.5 Å². The summed E-state index contributed by atoms with van der Waals surface area (Å²) in [7, 11) is -3.24. The molecule has 0 saturated heterocycles. The number of rotatable bonds is 18. The van der Waals surface area contributed by atoms with Crippen molar-refractivity contribution in [2.45, 2.75) is 62.2 Å². The van der Waals surface area contributed by atoms with Gasteiger partial charge in [-0.15, -0.1) is 34.4 Å². The zero-order valence-electron chi connectivity index (χ0n) is 36.0. The van der Waals surface area contributed by atoms with E-state index >= 15 is 0 Å². The van der Waals surface area contributed by atoms with E-state index in [0.29, 0.717) is 17.7 Å². The molecular weight excluding hydrogens is 869 g/mol. The normalized spacial score (nSPS) is 11.2. The Bertz CT molecular complexity index is 2840. The third-order valence-corrected chi connectivity index (χ3v) is 15.1. The zero-order valence-corrected chi connectivity index (χ0v) is 39.2. The fourth-order valence-electron chi connectivity index (χ4n) is 7.17. The number of carbonyl (C=O) groups is 2. The summed E-state index contributed by atoms with van der Waals surface area (Å²) in [4.78, 5) is 39.2. The Morgan fingerprint density at radius 1 is 0.484 bits per heavy atom. The summed E-state index contributed by atoms with van der Waals surface area (Å²) in [6.07, 6.45) is 2.93. The fraction of sp³-hybridized carbons (Fsp3) is 0.185. The molecule has 10 heteroatoms. The monoisotopic (exact) mass is 918 g/mol. The second-order valence-corrected chi connectivity index (χ2v) is 21.2. The summed E-state index contributed by atoms with van der Waals surface area (Å²) in [5.74, 6) is 1.37. The van der Waals surface area contributed by atoms with E-state index in [1.807, 2.05) is 84.6 Å². The Labute approximate surface area is 389 Å². The van der Waals surface area contributed by atoms with E-state index < -0.39 is 9.84 Å². The van der Waals surface area contributed by atoms with E-state index in [-0.39, 0.29) is 30.2 Å². The van der Waals surface area contributed by atoms with Gasteiger partial charge < -0.3 is 0 Å². The molecule has 0 spiro atoms. The van der Waals surface area contributed by atoms with Crippen molar-refractivity contribution < 1.29 is 18.0 Å². The van der Waals surface area contributed by atoms with Gasteiger partial charge in [0.2, 0.25) is 0 Å². The van der Waals surface area contributed by atoms with Gasteiger partial charge in [-0.2, -0.15) is 0 Å². The van der Waals surface area contributed by atoms with Crippen molar-refractivity contribution in [3.63, 3.8) is 0 Å². The van der Waals surface area contributed by atoms with Gasteiger partial charge in [-0.25, -0.2) is 18.4 Å². The van der Waals surface area contributed by atoms with Gasteiger partial charge in [-0.1, -0.05) is 159 Å². The largest absolute Gasteiger partial charge is 0.299 e. The molecule has 8 aromatic rings. The van der Waals surface area contributed by atoms with Crippen LogP contribution in [0.5, 0.6) is 0 Å². The van der Waals surface area contributed by atoms with Crippen molar-refractivity contribution in [3.05, 3.63) is 212 Å². The van der Waals surface area contributed by atoms with E-state index in [1.165, 1.54) is 20.9 Å². The number of benzene rings is 6.